The van der Waals surface area contributed by atoms with Crippen LogP contribution in [0.15, 0.2) is 59.5 Å². The second-order valence-corrected chi connectivity index (χ2v) is 7.10. The van der Waals surface area contributed by atoms with Crippen molar-refractivity contribution in [1.29, 1.82) is 0 Å². The number of thiocarbonyl (C=S) groups is 1. The Morgan fingerprint density at radius 1 is 1.19 bits per heavy atom. The number of amides is 1. The lowest BCUT2D eigenvalue weighted by Gasteiger charge is -2.16. The summed E-state index contributed by atoms with van der Waals surface area (Å²) in [5.41, 5.74) is 2.20. The first kappa shape index (κ1) is 18.2. The molecule has 7 heteroatoms. The Kier molecular flexibility index (Phi) is 5.70. The van der Waals surface area contributed by atoms with Gasteiger partial charge in [-0.3, -0.25) is 9.69 Å². The third-order valence-corrected chi connectivity index (χ3v) is 5.10. The molecule has 132 valence electrons. The molecular weight excluding hydrogens is 368 g/mol. The van der Waals surface area contributed by atoms with Gasteiger partial charge in [-0.15, -0.1) is 0 Å². The molecule has 0 radical (unpaired) electrons. The maximum Gasteiger partial charge on any atom is 0.337 e. The van der Waals surface area contributed by atoms with Crippen LogP contribution in [0.1, 0.15) is 15.9 Å². The molecule has 1 saturated heterocycles. The Balaban J connectivity index is 1.65. The first-order chi connectivity index (χ1) is 12.6. The summed E-state index contributed by atoms with van der Waals surface area (Å²) in [5.74, 6) is -0.512. The van der Waals surface area contributed by atoms with E-state index in [1.54, 1.807) is 24.3 Å². The molecule has 0 spiro atoms. The lowest BCUT2D eigenvalue weighted by atomic mass is 10.2. The number of nitrogens with zero attached hydrogens (tertiary/aromatic N) is 1. The molecule has 0 aromatic heterocycles. The van der Waals surface area contributed by atoms with E-state index in [4.69, 9.17) is 12.2 Å². The Bertz CT molecular complexity index is 864. The van der Waals surface area contributed by atoms with E-state index in [2.05, 4.69) is 10.1 Å². The maximum atomic E-state index is 12.6. The summed E-state index contributed by atoms with van der Waals surface area (Å²) in [5, 5.41) is 3.14. The number of anilines is 1. The largest absolute Gasteiger partial charge is 0.465 e. The molecule has 2 aromatic rings. The smallest absolute Gasteiger partial charge is 0.337 e. The van der Waals surface area contributed by atoms with Crippen LogP contribution in [0.3, 0.4) is 0 Å². The van der Waals surface area contributed by atoms with Crippen molar-refractivity contribution in [3.8, 4) is 0 Å². The van der Waals surface area contributed by atoms with Crippen LogP contribution in [-0.4, -0.2) is 34.9 Å². The molecule has 0 unspecified atom stereocenters. The molecule has 1 N–H and O–H groups in total. The summed E-state index contributed by atoms with van der Waals surface area (Å²) in [7, 11) is 1.34. The summed E-state index contributed by atoms with van der Waals surface area (Å²) in [6.45, 7) is 0.258. The molecule has 5 nitrogen and oxygen atoms in total. The molecule has 1 aliphatic rings. The molecule has 1 aliphatic heterocycles. The molecule has 0 saturated carbocycles. The highest BCUT2D eigenvalue weighted by Crippen LogP contribution is 2.32. The van der Waals surface area contributed by atoms with E-state index in [0.717, 1.165) is 11.3 Å². The Labute approximate surface area is 161 Å². The van der Waals surface area contributed by atoms with E-state index < -0.39 is 0 Å². The van der Waals surface area contributed by atoms with E-state index in [1.165, 1.54) is 23.8 Å². The fourth-order valence-electron chi connectivity index (χ4n) is 2.35. The predicted octanol–water partition coefficient (Wildman–Crippen LogP) is 3.74. The summed E-state index contributed by atoms with van der Waals surface area (Å²) in [6, 6.07) is 16.5. The zero-order valence-corrected chi connectivity index (χ0v) is 15.6. The average Bonchev–Trinajstić information content (AvgIpc) is 2.93. The molecule has 1 fully saturated rings. The number of ether oxygens (including phenoxy) is 1. The van der Waals surface area contributed by atoms with E-state index in [9.17, 15) is 9.59 Å². The zero-order valence-electron chi connectivity index (χ0n) is 14.0. The van der Waals surface area contributed by atoms with Gasteiger partial charge in [-0.25, -0.2) is 4.79 Å². The van der Waals surface area contributed by atoms with Gasteiger partial charge in [-0.2, -0.15) is 0 Å². The van der Waals surface area contributed by atoms with Gasteiger partial charge in [0.2, 0.25) is 0 Å². The maximum absolute atomic E-state index is 12.6. The van der Waals surface area contributed by atoms with E-state index in [-0.39, 0.29) is 18.5 Å². The van der Waals surface area contributed by atoms with Gasteiger partial charge in [0.1, 0.15) is 4.32 Å². The van der Waals surface area contributed by atoms with Gasteiger partial charge in [0.25, 0.3) is 5.91 Å². The van der Waals surface area contributed by atoms with Crippen LogP contribution in [0.4, 0.5) is 5.69 Å². The van der Waals surface area contributed by atoms with Crippen LogP contribution in [0.25, 0.3) is 6.08 Å². The molecule has 1 heterocycles. The number of esters is 1. The second kappa shape index (κ2) is 8.16. The van der Waals surface area contributed by atoms with Gasteiger partial charge in [-0.05, 0) is 35.9 Å². The zero-order chi connectivity index (χ0) is 18.5. The van der Waals surface area contributed by atoms with Crippen molar-refractivity contribution in [3.05, 3.63) is 70.6 Å². The number of hydrogen-bond donors (Lipinski definition) is 1. The molecule has 3 rings (SSSR count). The number of hydrogen-bond acceptors (Lipinski definition) is 6. The topological polar surface area (TPSA) is 58.6 Å². The summed E-state index contributed by atoms with van der Waals surface area (Å²) >= 11 is 6.61. The first-order valence-electron chi connectivity index (χ1n) is 7.81. The minimum atomic E-state index is -0.389. The van der Waals surface area contributed by atoms with Crippen molar-refractivity contribution in [2.45, 2.75) is 0 Å². The van der Waals surface area contributed by atoms with Crippen LogP contribution in [0, 0.1) is 0 Å². The average molecular weight is 384 g/mol. The monoisotopic (exact) mass is 384 g/mol. The van der Waals surface area contributed by atoms with Crippen LogP contribution >= 0.6 is 24.0 Å². The quantitative estimate of drug-likeness (QED) is 0.481. The molecule has 2 aromatic carbocycles. The predicted molar refractivity (Wildman–Crippen MR) is 108 cm³/mol. The van der Waals surface area contributed by atoms with Crippen molar-refractivity contribution in [2.24, 2.45) is 0 Å². The van der Waals surface area contributed by atoms with Gasteiger partial charge < -0.3 is 10.1 Å². The van der Waals surface area contributed by atoms with Gasteiger partial charge in [0.05, 0.1) is 24.2 Å². The molecule has 0 atom stereocenters. The van der Waals surface area contributed by atoms with Crippen molar-refractivity contribution < 1.29 is 14.3 Å². The molecule has 26 heavy (non-hydrogen) atoms. The number of carbonyl (C=O) groups excluding carboxylic acids is 2. The van der Waals surface area contributed by atoms with Crippen LogP contribution < -0.4 is 5.32 Å². The van der Waals surface area contributed by atoms with Gasteiger partial charge >= 0.3 is 5.97 Å². The third kappa shape index (κ3) is 4.12. The van der Waals surface area contributed by atoms with Gasteiger partial charge in [-0.1, -0.05) is 54.3 Å². The summed E-state index contributed by atoms with van der Waals surface area (Å²) in [4.78, 5) is 26.1. The highest BCUT2D eigenvalue weighted by atomic mass is 32.2. The highest BCUT2D eigenvalue weighted by molar-refractivity contribution is 8.26. The third-order valence-electron chi connectivity index (χ3n) is 3.72. The summed E-state index contributed by atoms with van der Waals surface area (Å²) < 4.78 is 5.18. The van der Waals surface area contributed by atoms with Crippen molar-refractivity contribution in [3.63, 3.8) is 0 Å². The number of thioether (sulfide) groups is 1. The number of nitrogens with one attached hydrogen (secondary N) is 1. The van der Waals surface area contributed by atoms with Crippen LogP contribution in [0.5, 0.6) is 0 Å². The minimum absolute atomic E-state index is 0.123. The Hall–Kier alpha value is -2.64. The highest BCUT2D eigenvalue weighted by Gasteiger charge is 2.31. The number of carbonyl (C=O) groups is 2. The summed E-state index contributed by atoms with van der Waals surface area (Å²) in [6.07, 6.45) is 1.84. The Morgan fingerprint density at radius 2 is 1.88 bits per heavy atom. The number of rotatable bonds is 5. The van der Waals surface area contributed by atoms with Crippen LogP contribution in [0.2, 0.25) is 0 Å². The molecule has 0 aliphatic carbocycles. The van der Waals surface area contributed by atoms with Crippen molar-refractivity contribution in [2.75, 3.05) is 19.1 Å². The van der Waals surface area contributed by atoms with Crippen molar-refractivity contribution in [1.82, 2.24) is 4.90 Å². The SMILES string of the molecule is COC(=O)c1ccc(NCN2C(=O)/C(=C\c3ccccc3)SC2=S)cc1. The van der Waals surface area contributed by atoms with Crippen LogP contribution in [-0.2, 0) is 9.53 Å². The van der Waals surface area contributed by atoms with Crippen molar-refractivity contribution >= 4 is 51.9 Å². The second-order valence-electron chi connectivity index (χ2n) is 5.42. The fraction of sp³-hybridized carbons (Fsp3) is 0.105. The molecule has 1 amide bonds. The normalized spacial score (nSPS) is 15.4. The van der Waals surface area contributed by atoms with E-state index in [0.29, 0.717) is 14.8 Å². The minimum Gasteiger partial charge on any atom is -0.465 e. The lowest BCUT2D eigenvalue weighted by molar-refractivity contribution is -0.121. The van der Waals surface area contributed by atoms with Gasteiger partial charge in [0, 0.05) is 5.69 Å². The first-order valence-corrected chi connectivity index (χ1v) is 9.03. The van der Waals surface area contributed by atoms with E-state index in [1.807, 2.05) is 36.4 Å². The number of benzene rings is 2. The fourth-order valence-corrected chi connectivity index (χ4v) is 3.60. The Morgan fingerprint density at radius 3 is 2.54 bits per heavy atom. The lowest BCUT2D eigenvalue weighted by Crippen LogP contribution is -2.33. The standard InChI is InChI=1S/C19H16N2O3S2/c1-24-18(23)14-7-9-15(10-8-14)20-12-21-17(22)16(26-19(21)25)11-13-5-3-2-4-6-13/h2-11,20H,12H2,1H3/b16-11+. The van der Waals surface area contributed by atoms with E-state index >= 15 is 0 Å². The molecule has 0 bridgehead atoms. The molecular formula is C19H16N2O3S2. The number of methoxy groups -OCH3 is 1. The van der Waals surface area contributed by atoms with Gasteiger partial charge in [0.15, 0.2) is 0 Å².